The molecule has 2 atom stereocenters. The fourth-order valence-corrected chi connectivity index (χ4v) is 4.02. The number of aryl methyl sites for hydroxylation is 2. The maximum Gasteiger partial charge on any atom is 0.240 e. The molecule has 0 aromatic heterocycles. The molecule has 20 heavy (non-hydrogen) atoms. The number of sulfonamides is 1. The first-order valence-corrected chi connectivity index (χ1v) is 8.23. The lowest BCUT2D eigenvalue weighted by atomic mass is 10.0. The van der Waals surface area contributed by atoms with E-state index in [0.29, 0.717) is 0 Å². The minimum absolute atomic E-state index is 0.0651. The van der Waals surface area contributed by atoms with Gasteiger partial charge in [-0.25, -0.2) is 13.1 Å². The van der Waals surface area contributed by atoms with E-state index in [1.807, 2.05) is 13.8 Å². The monoisotopic (exact) mass is 295 g/mol. The summed E-state index contributed by atoms with van der Waals surface area (Å²) in [5, 5.41) is 7.54. The summed E-state index contributed by atoms with van der Waals surface area (Å²) in [5.41, 5.74) is 7.55. The number of amidine groups is 1. The van der Waals surface area contributed by atoms with Crippen LogP contribution in [0.1, 0.15) is 30.4 Å². The molecule has 0 spiro atoms. The van der Waals surface area contributed by atoms with E-state index >= 15 is 0 Å². The van der Waals surface area contributed by atoms with Crippen molar-refractivity contribution in [3.05, 3.63) is 29.3 Å². The zero-order chi connectivity index (χ0) is 14.9. The molecule has 1 aromatic carbocycles. The molecule has 0 bridgehead atoms. The van der Waals surface area contributed by atoms with Gasteiger partial charge in [-0.15, -0.1) is 0 Å². The SMILES string of the molecule is Cc1ccc(S(=O)(=O)NC2CCCC2C(=N)N)cc1C. The molecule has 2 unspecified atom stereocenters. The standard InChI is InChI=1S/C14H21N3O2S/c1-9-6-7-11(8-10(9)2)20(18,19)17-13-5-3-4-12(13)14(15)16/h6-8,12-13,17H,3-5H2,1-2H3,(H3,15,16). The van der Waals surface area contributed by atoms with Gasteiger partial charge in [-0.3, -0.25) is 5.41 Å². The van der Waals surface area contributed by atoms with E-state index in [4.69, 9.17) is 11.1 Å². The van der Waals surface area contributed by atoms with E-state index in [-0.39, 0.29) is 22.7 Å². The van der Waals surface area contributed by atoms with Crippen LogP contribution in [-0.2, 0) is 10.0 Å². The lowest BCUT2D eigenvalue weighted by Gasteiger charge is -2.20. The largest absolute Gasteiger partial charge is 0.387 e. The van der Waals surface area contributed by atoms with E-state index < -0.39 is 10.0 Å². The minimum atomic E-state index is -3.55. The Morgan fingerprint density at radius 3 is 2.60 bits per heavy atom. The molecule has 0 amide bonds. The van der Waals surface area contributed by atoms with Crippen molar-refractivity contribution in [2.75, 3.05) is 0 Å². The molecule has 4 N–H and O–H groups in total. The fourth-order valence-electron chi connectivity index (χ4n) is 2.62. The van der Waals surface area contributed by atoms with Gasteiger partial charge in [0.25, 0.3) is 0 Å². The van der Waals surface area contributed by atoms with Crippen LogP contribution >= 0.6 is 0 Å². The van der Waals surface area contributed by atoms with Crippen LogP contribution in [-0.4, -0.2) is 20.3 Å². The van der Waals surface area contributed by atoms with Gasteiger partial charge in [-0.1, -0.05) is 12.5 Å². The summed E-state index contributed by atoms with van der Waals surface area (Å²) in [4.78, 5) is 0.273. The first-order valence-electron chi connectivity index (χ1n) is 6.75. The van der Waals surface area contributed by atoms with Crippen LogP contribution in [0.3, 0.4) is 0 Å². The summed E-state index contributed by atoms with van der Waals surface area (Å²) in [6.45, 7) is 3.84. The van der Waals surface area contributed by atoms with Crippen LogP contribution in [0.15, 0.2) is 23.1 Å². The normalized spacial score (nSPS) is 22.9. The molecular weight excluding hydrogens is 274 g/mol. The number of hydrogen-bond acceptors (Lipinski definition) is 3. The molecule has 1 saturated carbocycles. The van der Waals surface area contributed by atoms with Crippen molar-refractivity contribution in [1.29, 1.82) is 5.41 Å². The molecule has 110 valence electrons. The third-order valence-corrected chi connectivity index (χ3v) is 5.50. The summed E-state index contributed by atoms with van der Waals surface area (Å²) in [5.74, 6) is -0.119. The van der Waals surface area contributed by atoms with Gasteiger partial charge in [0, 0.05) is 12.0 Å². The predicted octanol–water partition coefficient (Wildman–Crippen LogP) is 1.69. The molecule has 1 aliphatic rings. The Labute approximate surface area is 120 Å². The van der Waals surface area contributed by atoms with Gasteiger partial charge in [0.05, 0.1) is 10.7 Å². The van der Waals surface area contributed by atoms with E-state index in [0.717, 1.165) is 30.4 Å². The fraction of sp³-hybridized carbons (Fsp3) is 0.500. The Morgan fingerprint density at radius 2 is 2.00 bits per heavy atom. The molecule has 1 aromatic rings. The Kier molecular flexibility index (Phi) is 4.15. The number of nitrogens with one attached hydrogen (secondary N) is 2. The quantitative estimate of drug-likeness (QED) is 0.582. The van der Waals surface area contributed by atoms with E-state index in [1.54, 1.807) is 18.2 Å². The van der Waals surface area contributed by atoms with Gasteiger partial charge in [-0.2, -0.15) is 0 Å². The Balaban J connectivity index is 2.22. The van der Waals surface area contributed by atoms with Gasteiger partial charge in [0.15, 0.2) is 0 Å². The second-order valence-electron chi connectivity index (χ2n) is 5.47. The second-order valence-corrected chi connectivity index (χ2v) is 7.18. The molecule has 5 nitrogen and oxygen atoms in total. The van der Waals surface area contributed by atoms with Crippen LogP contribution in [0.5, 0.6) is 0 Å². The summed E-state index contributed by atoms with van der Waals surface area (Å²) >= 11 is 0. The smallest absolute Gasteiger partial charge is 0.240 e. The Morgan fingerprint density at radius 1 is 1.30 bits per heavy atom. The van der Waals surface area contributed by atoms with E-state index in [9.17, 15) is 8.42 Å². The van der Waals surface area contributed by atoms with Gasteiger partial charge in [0.1, 0.15) is 0 Å². The lowest BCUT2D eigenvalue weighted by molar-refractivity contribution is 0.521. The zero-order valence-corrected chi connectivity index (χ0v) is 12.6. The average molecular weight is 295 g/mol. The molecule has 1 fully saturated rings. The van der Waals surface area contributed by atoms with Crippen LogP contribution in [0, 0.1) is 25.2 Å². The average Bonchev–Trinajstić information content (AvgIpc) is 2.80. The third kappa shape index (κ3) is 3.02. The van der Waals surface area contributed by atoms with Gasteiger partial charge in [0.2, 0.25) is 10.0 Å². The van der Waals surface area contributed by atoms with Crippen molar-refractivity contribution < 1.29 is 8.42 Å². The number of hydrogen-bond donors (Lipinski definition) is 3. The van der Waals surface area contributed by atoms with Crippen LogP contribution < -0.4 is 10.5 Å². The highest BCUT2D eigenvalue weighted by molar-refractivity contribution is 7.89. The van der Waals surface area contributed by atoms with Crippen LogP contribution in [0.4, 0.5) is 0 Å². The topological polar surface area (TPSA) is 96.0 Å². The van der Waals surface area contributed by atoms with Crippen molar-refractivity contribution in [1.82, 2.24) is 4.72 Å². The first kappa shape index (κ1) is 15.0. The molecule has 0 saturated heterocycles. The van der Waals surface area contributed by atoms with Crippen molar-refractivity contribution >= 4 is 15.9 Å². The first-order chi connectivity index (χ1) is 9.31. The van der Waals surface area contributed by atoms with Crippen molar-refractivity contribution in [3.63, 3.8) is 0 Å². The van der Waals surface area contributed by atoms with E-state index in [1.165, 1.54) is 0 Å². The summed E-state index contributed by atoms with van der Waals surface area (Å²) in [6.07, 6.45) is 2.40. The van der Waals surface area contributed by atoms with E-state index in [2.05, 4.69) is 4.72 Å². The highest BCUT2D eigenvalue weighted by Gasteiger charge is 2.33. The molecule has 0 heterocycles. The maximum absolute atomic E-state index is 12.4. The van der Waals surface area contributed by atoms with Gasteiger partial charge < -0.3 is 5.73 Å². The minimum Gasteiger partial charge on any atom is -0.387 e. The lowest BCUT2D eigenvalue weighted by Crippen LogP contribution is -2.42. The number of nitrogens with two attached hydrogens (primary N) is 1. The highest BCUT2D eigenvalue weighted by atomic mass is 32.2. The highest BCUT2D eigenvalue weighted by Crippen LogP contribution is 2.27. The molecule has 1 aliphatic carbocycles. The van der Waals surface area contributed by atoms with Crippen molar-refractivity contribution in [2.24, 2.45) is 11.7 Å². The van der Waals surface area contributed by atoms with Crippen molar-refractivity contribution in [2.45, 2.75) is 44.0 Å². The summed E-state index contributed by atoms with van der Waals surface area (Å²) in [7, 11) is -3.55. The second kappa shape index (κ2) is 5.54. The van der Waals surface area contributed by atoms with Crippen molar-refractivity contribution in [3.8, 4) is 0 Å². The van der Waals surface area contributed by atoms with Crippen LogP contribution in [0.2, 0.25) is 0 Å². The van der Waals surface area contributed by atoms with Gasteiger partial charge in [-0.05, 0) is 49.9 Å². The molecular formula is C14H21N3O2S. The summed E-state index contributed by atoms with van der Waals surface area (Å²) in [6, 6.07) is 4.83. The van der Waals surface area contributed by atoms with Crippen LogP contribution in [0.25, 0.3) is 0 Å². The third-order valence-electron chi connectivity index (χ3n) is 4.01. The number of benzene rings is 1. The molecule has 0 aliphatic heterocycles. The number of rotatable bonds is 4. The summed E-state index contributed by atoms with van der Waals surface area (Å²) < 4.78 is 27.5. The molecule has 6 heteroatoms. The Bertz CT molecular complexity index is 625. The Hall–Kier alpha value is -1.40. The molecule has 0 radical (unpaired) electrons. The predicted molar refractivity (Wildman–Crippen MR) is 79.3 cm³/mol. The maximum atomic E-state index is 12.4. The zero-order valence-electron chi connectivity index (χ0n) is 11.8. The molecule has 2 rings (SSSR count). The van der Waals surface area contributed by atoms with Gasteiger partial charge >= 0.3 is 0 Å².